The third-order valence-corrected chi connectivity index (χ3v) is 4.95. The lowest BCUT2D eigenvalue weighted by atomic mass is 9.96. The van der Waals surface area contributed by atoms with E-state index >= 15 is 0 Å². The van der Waals surface area contributed by atoms with E-state index in [0.717, 1.165) is 5.69 Å². The third-order valence-electron chi connectivity index (χ3n) is 4.52. The zero-order valence-corrected chi connectivity index (χ0v) is 15.6. The number of amides is 2. The number of carbonyl (C=O) groups excluding carboxylic acids is 2. The molecule has 136 valence electrons. The van der Waals surface area contributed by atoms with Gasteiger partial charge in [-0.3, -0.25) is 9.59 Å². The first-order valence-electron chi connectivity index (χ1n) is 8.35. The number of anilines is 2. The lowest BCUT2D eigenvalue weighted by Crippen LogP contribution is -2.38. The maximum atomic E-state index is 12.6. The molecule has 1 aliphatic heterocycles. The Bertz CT molecular complexity index is 813. The maximum absolute atomic E-state index is 12.6. The monoisotopic (exact) mass is 391 g/mol. The molecule has 2 aromatic carbocycles. The van der Waals surface area contributed by atoms with E-state index in [9.17, 15) is 9.59 Å². The van der Waals surface area contributed by atoms with E-state index in [1.807, 2.05) is 24.3 Å². The Kier molecular flexibility index (Phi) is 5.69. The summed E-state index contributed by atoms with van der Waals surface area (Å²) >= 11 is 12.0. The molecule has 1 fully saturated rings. The highest BCUT2D eigenvalue weighted by atomic mass is 35.5. The van der Waals surface area contributed by atoms with Crippen molar-refractivity contribution in [3.8, 4) is 0 Å². The Morgan fingerprint density at radius 3 is 2.27 bits per heavy atom. The van der Waals surface area contributed by atoms with Crippen LogP contribution in [0.1, 0.15) is 23.2 Å². The molecule has 1 aliphatic rings. The van der Waals surface area contributed by atoms with Gasteiger partial charge in [0.25, 0.3) is 5.91 Å². The lowest BCUT2D eigenvalue weighted by molar-refractivity contribution is -0.122. The zero-order chi connectivity index (χ0) is 18.7. The molecule has 1 saturated heterocycles. The second-order valence-corrected chi connectivity index (χ2v) is 7.17. The van der Waals surface area contributed by atoms with E-state index in [0.29, 0.717) is 47.2 Å². The Morgan fingerprint density at radius 2 is 1.65 bits per heavy atom. The van der Waals surface area contributed by atoms with Gasteiger partial charge < -0.3 is 16.0 Å². The molecule has 3 N–H and O–H groups in total. The van der Waals surface area contributed by atoms with Gasteiger partial charge in [0.05, 0.1) is 11.4 Å². The molecule has 2 aromatic rings. The van der Waals surface area contributed by atoms with Crippen molar-refractivity contribution in [2.24, 2.45) is 11.7 Å². The van der Waals surface area contributed by atoms with Crippen molar-refractivity contribution in [2.45, 2.75) is 12.8 Å². The predicted octanol–water partition coefficient (Wildman–Crippen LogP) is 3.95. The van der Waals surface area contributed by atoms with Gasteiger partial charge in [0.1, 0.15) is 0 Å². The Hall–Kier alpha value is -2.24. The Balaban J connectivity index is 1.77. The van der Waals surface area contributed by atoms with E-state index in [4.69, 9.17) is 28.9 Å². The van der Waals surface area contributed by atoms with Crippen LogP contribution in [0.15, 0.2) is 42.5 Å². The molecule has 5 nitrogen and oxygen atoms in total. The molecule has 0 aromatic heterocycles. The summed E-state index contributed by atoms with van der Waals surface area (Å²) in [4.78, 5) is 26.1. The van der Waals surface area contributed by atoms with E-state index in [-0.39, 0.29) is 17.7 Å². The smallest absolute Gasteiger partial charge is 0.255 e. The van der Waals surface area contributed by atoms with Gasteiger partial charge in [-0.2, -0.15) is 0 Å². The van der Waals surface area contributed by atoms with Gasteiger partial charge >= 0.3 is 0 Å². The fourth-order valence-corrected chi connectivity index (χ4v) is 3.67. The SMILES string of the molecule is NC(=O)C1CCN(c2ccccc2NC(=O)c2cc(Cl)cc(Cl)c2)CC1. The van der Waals surface area contributed by atoms with Crippen molar-refractivity contribution in [3.63, 3.8) is 0 Å². The highest BCUT2D eigenvalue weighted by molar-refractivity contribution is 6.35. The van der Waals surface area contributed by atoms with E-state index in [1.165, 1.54) is 0 Å². The first kappa shape index (κ1) is 18.5. The van der Waals surface area contributed by atoms with Gasteiger partial charge in [-0.15, -0.1) is 0 Å². The summed E-state index contributed by atoms with van der Waals surface area (Å²) in [6, 6.07) is 12.3. The highest BCUT2D eigenvalue weighted by Gasteiger charge is 2.24. The van der Waals surface area contributed by atoms with Crippen LogP contribution < -0.4 is 16.0 Å². The number of primary amides is 1. The standard InChI is InChI=1S/C19H19Cl2N3O2/c20-14-9-13(10-15(21)11-14)19(26)23-16-3-1-2-4-17(16)24-7-5-12(6-8-24)18(22)25/h1-4,9-12H,5-8H2,(H2,22,25)(H,23,26). The van der Waals surface area contributed by atoms with Crippen LogP contribution in [0.2, 0.25) is 10.0 Å². The molecule has 3 rings (SSSR count). The van der Waals surface area contributed by atoms with E-state index in [2.05, 4.69) is 10.2 Å². The lowest BCUT2D eigenvalue weighted by Gasteiger charge is -2.33. The van der Waals surface area contributed by atoms with Crippen molar-refractivity contribution in [2.75, 3.05) is 23.3 Å². The minimum Gasteiger partial charge on any atom is -0.370 e. The van der Waals surface area contributed by atoms with Crippen LogP contribution in [0.4, 0.5) is 11.4 Å². The van der Waals surface area contributed by atoms with Crippen LogP contribution in [-0.2, 0) is 4.79 Å². The molecule has 0 unspecified atom stereocenters. The number of benzene rings is 2. The van der Waals surface area contributed by atoms with Crippen LogP contribution >= 0.6 is 23.2 Å². The second-order valence-electron chi connectivity index (χ2n) is 6.29. The predicted molar refractivity (Wildman–Crippen MR) is 105 cm³/mol. The molecule has 0 atom stereocenters. The minimum atomic E-state index is -0.283. The number of piperidine rings is 1. The number of halogens is 2. The molecule has 0 bridgehead atoms. The summed E-state index contributed by atoms with van der Waals surface area (Å²) in [6.07, 6.45) is 1.42. The second kappa shape index (κ2) is 7.98. The normalized spacial score (nSPS) is 14.9. The molecule has 0 radical (unpaired) electrons. The van der Waals surface area contributed by atoms with Crippen LogP contribution in [-0.4, -0.2) is 24.9 Å². The summed E-state index contributed by atoms with van der Waals surface area (Å²) in [5.41, 5.74) is 7.41. The number of hydrogen-bond donors (Lipinski definition) is 2. The quantitative estimate of drug-likeness (QED) is 0.828. The number of hydrogen-bond acceptors (Lipinski definition) is 3. The molecule has 7 heteroatoms. The van der Waals surface area contributed by atoms with Gasteiger partial charge in [0, 0.05) is 34.6 Å². The van der Waals surface area contributed by atoms with E-state index < -0.39 is 0 Å². The number of rotatable bonds is 4. The van der Waals surface area contributed by atoms with Crippen molar-refractivity contribution < 1.29 is 9.59 Å². The number of nitrogens with zero attached hydrogens (tertiary/aromatic N) is 1. The van der Waals surface area contributed by atoms with Gasteiger partial charge in [-0.1, -0.05) is 35.3 Å². The van der Waals surface area contributed by atoms with Crippen molar-refractivity contribution >= 4 is 46.4 Å². The fraction of sp³-hybridized carbons (Fsp3) is 0.263. The number of para-hydroxylation sites is 2. The average molecular weight is 392 g/mol. The molecule has 26 heavy (non-hydrogen) atoms. The molecule has 1 heterocycles. The summed E-state index contributed by atoms with van der Waals surface area (Å²) < 4.78 is 0. The number of nitrogens with one attached hydrogen (secondary N) is 1. The summed E-state index contributed by atoms with van der Waals surface area (Å²) in [5.74, 6) is -0.612. The van der Waals surface area contributed by atoms with Crippen molar-refractivity contribution in [1.29, 1.82) is 0 Å². The number of carbonyl (C=O) groups is 2. The molecule has 0 aliphatic carbocycles. The summed E-state index contributed by atoms with van der Waals surface area (Å²) in [5, 5.41) is 3.74. The van der Waals surface area contributed by atoms with Gasteiger partial charge in [0.2, 0.25) is 5.91 Å². The van der Waals surface area contributed by atoms with E-state index in [1.54, 1.807) is 18.2 Å². The van der Waals surface area contributed by atoms with Crippen molar-refractivity contribution in [1.82, 2.24) is 0 Å². The van der Waals surface area contributed by atoms with Crippen molar-refractivity contribution in [3.05, 3.63) is 58.1 Å². The molecule has 2 amide bonds. The van der Waals surface area contributed by atoms with Gasteiger partial charge in [-0.05, 0) is 43.2 Å². The molecule has 0 saturated carbocycles. The summed E-state index contributed by atoms with van der Waals surface area (Å²) in [7, 11) is 0. The largest absolute Gasteiger partial charge is 0.370 e. The fourth-order valence-electron chi connectivity index (χ4n) is 3.14. The summed E-state index contributed by atoms with van der Waals surface area (Å²) in [6.45, 7) is 1.42. The van der Waals surface area contributed by atoms with Crippen LogP contribution in [0, 0.1) is 5.92 Å². The Labute approximate surface area is 162 Å². The molecule has 0 spiro atoms. The molecular formula is C19H19Cl2N3O2. The number of nitrogens with two attached hydrogens (primary N) is 1. The first-order valence-corrected chi connectivity index (χ1v) is 9.10. The first-order chi connectivity index (χ1) is 12.4. The zero-order valence-electron chi connectivity index (χ0n) is 14.0. The van der Waals surface area contributed by atoms with Crippen LogP contribution in [0.5, 0.6) is 0 Å². The maximum Gasteiger partial charge on any atom is 0.255 e. The van der Waals surface area contributed by atoms with Crippen LogP contribution in [0.25, 0.3) is 0 Å². The topological polar surface area (TPSA) is 75.4 Å². The highest BCUT2D eigenvalue weighted by Crippen LogP contribution is 2.30. The minimum absolute atomic E-state index is 0.0818. The van der Waals surface area contributed by atoms with Gasteiger partial charge in [-0.25, -0.2) is 0 Å². The third kappa shape index (κ3) is 4.29. The van der Waals surface area contributed by atoms with Gasteiger partial charge in [0.15, 0.2) is 0 Å². The molecular weight excluding hydrogens is 373 g/mol. The Morgan fingerprint density at radius 1 is 1.04 bits per heavy atom. The van der Waals surface area contributed by atoms with Crippen LogP contribution in [0.3, 0.4) is 0 Å². The average Bonchev–Trinajstić information content (AvgIpc) is 2.61.